The second kappa shape index (κ2) is 8.51. The van der Waals surface area contributed by atoms with E-state index in [1.807, 2.05) is 0 Å². The standard InChI is InChI=1S/C8H7ClF2.C5H12/c1-5-4-6(9)2-3-7(5)8(10)11;1-3-5-4-2/h2-4,8H,1H3;3-5H2,1-2H3. The molecule has 1 aromatic rings. The number of alkyl halides is 2. The summed E-state index contributed by atoms with van der Waals surface area (Å²) in [6, 6.07) is 4.35. The van der Waals surface area contributed by atoms with Gasteiger partial charge >= 0.3 is 0 Å². The summed E-state index contributed by atoms with van der Waals surface area (Å²) in [7, 11) is 0. The maximum atomic E-state index is 12.1. The van der Waals surface area contributed by atoms with Gasteiger partial charge < -0.3 is 0 Å². The maximum absolute atomic E-state index is 12.1. The van der Waals surface area contributed by atoms with Gasteiger partial charge in [-0.3, -0.25) is 0 Å². The van der Waals surface area contributed by atoms with Crippen molar-refractivity contribution in [3.8, 4) is 0 Å². The summed E-state index contributed by atoms with van der Waals surface area (Å²) >= 11 is 5.58. The Morgan fingerprint density at radius 2 is 1.75 bits per heavy atom. The molecule has 92 valence electrons. The minimum atomic E-state index is -2.41. The van der Waals surface area contributed by atoms with Crippen LogP contribution in [0.15, 0.2) is 18.2 Å². The lowest BCUT2D eigenvalue weighted by atomic mass is 10.1. The lowest BCUT2D eigenvalue weighted by molar-refractivity contribution is 0.150. The molecule has 0 spiro atoms. The topological polar surface area (TPSA) is 0 Å². The van der Waals surface area contributed by atoms with E-state index in [0.29, 0.717) is 10.6 Å². The molecule has 0 N–H and O–H groups in total. The first kappa shape index (κ1) is 15.4. The number of benzene rings is 1. The molecule has 0 aliphatic rings. The first-order valence-electron chi connectivity index (χ1n) is 5.57. The monoisotopic (exact) mass is 248 g/mol. The Balaban J connectivity index is 0.000000385. The lowest BCUT2D eigenvalue weighted by Crippen LogP contribution is -1.87. The van der Waals surface area contributed by atoms with Crippen LogP contribution in [-0.4, -0.2) is 0 Å². The van der Waals surface area contributed by atoms with Crippen molar-refractivity contribution in [1.29, 1.82) is 0 Å². The zero-order valence-electron chi connectivity index (χ0n) is 10.1. The van der Waals surface area contributed by atoms with Crippen molar-refractivity contribution >= 4 is 11.6 Å². The van der Waals surface area contributed by atoms with Gasteiger partial charge in [0, 0.05) is 10.6 Å². The molecule has 3 heteroatoms. The van der Waals surface area contributed by atoms with Crippen molar-refractivity contribution in [3.05, 3.63) is 34.3 Å². The molecule has 0 saturated carbocycles. The van der Waals surface area contributed by atoms with Crippen LogP contribution in [0, 0.1) is 6.92 Å². The molecule has 16 heavy (non-hydrogen) atoms. The Hall–Kier alpha value is -0.630. The summed E-state index contributed by atoms with van der Waals surface area (Å²) in [4.78, 5) is 0. The zero-order valence-corrected chi connectivity index (χ0v) is 10.8. The number of rotatable bonds is 3. The summed E-state index contributed by atoms with van der Waals surface area (Å²) in [6.07, 6.45) is 1.67. The molecule has 1 aromatic carbocycles. The molecular weight excluding hydrogens is 230 g/mol. The highest BCUT2D eigenvalue weighted by Crippen LogP contribution is 2.24. The number of hydrogen-bond acceptors (Lipinski definition) is 0. The van der Waals surface area contributed by atoms with Gasteiger partial charge in [0.1, 0.15) is 0 Å². The third-order valence-corrected chi connectivity index (χ3v) is 2.41. The van der Waals surface area contributed by atoms with Crippen molar-refractivity contribution in [3.63, 3.8) is 0 Å². The molecule has 0 atom stereocenters. The van der Waals surface area contributed by atoms with Gasteiger partial charge in [-0.1, -0.05) is 50.8 Å². The average Bonchev–Trinajstić information content (AvgIpc) is 2.19. The SMILES string of the molecule is CCCCC.Cc1cc(Cl)ccc1C(F)F. The van der Waals surface area contributed by atoms with Gasteiger partial charge in [0.05, 0.1) is 0 Å². The van der Waals surface area contributed by atoms with Crippen LogP contribution in [-0.2, 0) is 0 Å². The molecule has 0 radical (unpaired) electrons. The van der Waals surface area contributed by atoms with E-state index in [1.165, 1.54) is 37.5 Å². The summed E-state index contributed by atoms with van der Waals surface area (Å²) in [5.74, 6) is 0. The smallest absolute Gasteiger partial charge is 0.205 e. The molecule has 0 unspecified atom stereocenters. The van der Waals surface area contributed by atoms with Crippen molar-refractivity contribution < 1.29 is 8.78 Å². The minimum Gasteiger partial charge on any atom is -0.205 e. The van der Waals surface area contributed by atoms with Gasteiger partial charge in [-0.2, -0.15) is 0 Å². The second-order valence-electron chi connectivity index (χ2n) is 3.66. The van der Waals surface area contributed by atoms with Crippen LogP contribution in [0.2, 0.25) is 5.02 Å². The third-order valence-electron chi connectivity index (χ3n) is 2.17. The Kier molecular flexibility index (Phi) is 8.18. The molecule has 0 aromatic heterocycles. The molecule has 0 aliphatic heterocycles. The van der Waals surface area contributed by atoms with Crippen LogP contribution in [0.3, 0.4) is 0 Å². The zero-order chi connectivity index (χ0) is 12.6. The highest BCUT2D eigenvalue weighted by atomic mass is 35.5. The summed E-state index contributed by atoms with van der Waals surface area (Å²) in [5, 5.41) is 0.493. The van der Waals surface area contributed by atoms with Crippen molar-refractivity contribution in [2.24, 2.45) is 0 Å². The fourth-order valence-corrected chi connectivity index (χ4v) is 1.46. The first-order chi connectivity index (χ1) is 7.52. The fraction of sp³-hybridized carbons (Fsp3) is 0.538. The molecular formula is C13H19ClF2. The van der Waals surface area contributed by atoms with E-state index in [9.17, 15) is 8.78 Å². The quantitative estimate of drug-likeness (QED) is 0.636. The van der Waals surface area contributed by atoms with E-state index in [4.69, 9.17) is 11.6 Å². The minimum absolute atomic E-state index is 0.0504. The molecule has 0 aliphatic carbocycles. The normalized spacial score (nSPS) is 9.94. The third kappa shape index (κ3) is 6.06. The predicted molar refractivity (Wildman–Crippen MR) is 66.3 cm³/mol. The first-order valence-corrected chi connectivity index (χ1v) is 5.94. The highest BCUT2D eigenvalue weighted by molar-refractivity contribution is 6.30. The van der Waals surface area contributed by atoms with Crippen LogP contribution in [0.1, 0.15) is 50.7 Å². The van der Waals surface area contributed by atoms with E-state index >= 15 is 0 Å². The number of hydrogen-bond donors (Lipinski definition) is 0. The second-order valence-corrected chi connectivity index (χ2v) is 4.09. The molecule has 1 rings (SSSR count). The van der Waals surface area contributed by atoms with Crippen molar-refractivity contribution in [2.45, 2.75) is 46.5 Å². The van der Waals surface area contributed by atoms with Gasteiger partial charge in [0.25, 0.3) is 6.43 Å². The van der Waals surface area contributed by atoms with Gasteiger partial charge in [-0.15, -0.1) is 0 Å². The molecule has 0 bridgehead atoms. The van der Waals surface area contributed by atoms with Gasteiger partial charge in [-0.05, 0) is 24.6 Å². The number of unbranched alkanes of at least 4 members (excludes halogenated alkanes) is 2. The number of halogens is 3. The van der Waals surface area contributed by atoms with Crippen LogP contribution in [0.25, 0.3) is 0 Å². The average molecular weight is 249 g/mol. The molecule has 0 amide bonds. The summed E-state index contributed by atoms with van der Waals surface area (Å²) in [5.41, 5.74) is 0.585. The van der Waals surface area contributed by atoms with Crippen LogP contribution < -0.4 is 0 Å². The predicted octanol–water partition coefficient (Wildman–Crippen LogP) is 5.78. The highest BCUT2D eigenvalue weighted by Gasteiger charge is 2.09. The Morgan fingerprint density at radius 1 is 1.19 bits per heavy atom. The van der Waals surface area contributed by atoms with Gasteiger partial charge in [0.2, 0.25) is 0 Å². The number of aryl methyl sites for hydroxylation is 1. The van der Waals surface area contributed by atoms with Crippen LogP contribution in [0.5, 0.6) is 0 Å². The van der Waals surface area contributed by atoms with E-state index in [2.05, 4.69) is 13.8 Å². The molecule has 0 fully saturated rings. The molecule has 0 heterocycles. The Bertz CT molecular complexity index is 296. The molecule has 0 nitrogen and oxygen atoms in total. The van der Waals surface area contributed by atoms with E-state index in [-0.39, 0.29) is 5.56 Å². The maximum Gasteiger partial charge on any atom is 0.264 e. The van der Waals surface area contributed by atoms with Crippen molar-refractivity contribution in [1.82, 2.24) is 0 Å². The lowest BCUT2D eigenvalue weighted by Gasteiger charge is -2.03. The summed E-state index contributed by atoms with van der Waals surface area (Å²) in [6.45, 7) is 6.04. The van der Waals surface area contributed by atoms with Crippen LogP contribution in [0.4, 0.5) is 8.78 Å². The molecule has 0 saturated heterocycles. The van der Waals surface area contributed by atoms with Crippen LogP contribution >= 0.6 is 11.6 Å². The van der Waals surface area contributed by atoms with Crippen molar-refractivity contribution in [2.75, 3.05) is 0 Å². The summed E-state index contributed by atoms with van der Waals surface area (Å²) < 4.78 is 24.2. The van der Waals surface area contributed by atoms with Gasteiger partial charge in [-0.25, -0.2) is 8.78 Å². The Labute approximate surface area is 102 Å². The van der Waals surface area contributed by atoms with E-state index in [0.717, 1.165) is 0 Å². The van der Waals surface area contributed by atoms with Gasteiger partial charge in [0.15, 0.2) is 0 Å². The largest absolute Gasteiger partial charge is 0.264 e. The van der Waals surface area contributed by atoms with E-state index in [1.54, 1.807) is 6.92 Å². The Morgan fingerprint density at radius 3 is 2.06 bits per heavy atom. The fourth-order valence-electron chi connectivity index (χ4n) is 1.24. The van der Waals surface area contributed by atoms with E-state index < -0.39 is 6.43 Å².